The van der Waals surface area contributed by atoms with Crippen molar-refractivity contribution in [3.8, 4) is 0 Å². The molecule has 2 unspecified atom stereocenters. The molecule has 1 aliphatic rings. The summed E-state index contributed by atoms with van der Waals surface area (Å²) in [6.45, 7) is 5.70. The SMILES string of the molecule is Cc1ccc(Br)c(C(=O)NCCC2CCOC(C)C2)c1. The van der Waals surface area contributed by atoms with Crippen LogP contribution in [-0.2, 0) is 4.74 Å². The van der Waals surface area contributed by atoms with Gasteiger partial charge in [0.15, 0.2) is 0 Å². The molecule has 4 heteroatoms. The van der Waals surface area contributed by atoms with Crippen LogP contribution >= 0.6 is 15.9 Å². The van der Waals surface area contributed by atoms with Gasteiger partial charge < -0.3 is 10.1 Å². The van der Waals surface area contributed by atoms with Gasteiger partial charge in [-0.2, -0.15) is 0 Å². The average Bonchev–Trinajstić information content (AvgIpc) is 2.41. The molecule has 1 saturated heterocycles. The minimum absolute atomic E-state index is 0.000632. The summed E-state index contributed by atoms with van der Waals surface area (Å²) in [5.74, 6) is 0.667. The number of benzene rings is 1. The van der Waals surface area contributed by atoms with Gasteiger partial charge in [0.1, 0.15) is 0 Å². The summed E-state index contributed by atoms with van der Waals surface area (Å²) < 4.78 is 6.39. The van der Waals surface area contributed by atoms with E-state index < -0.39 is 0 Å². The first kappa shape index (κ1) is 15.5. The second-order valence-electron chi connectivity index (χ2n) is 5.60. The molecule has 2 rings (SSSR count). The van der Waals surface area contributed by atoms with Crippen molar-refractivity contribution in [2.24, 2.45) is 5.92 Å². The normalized spacial score (nSPS) is 22.6. The first-order valence-corrected chi connectivity index (χ1v) is 8.01. The van der Waals surface area contributed by atoms with Crippen molar-refractivity contribution in [1.82, 2.24) is 5.32 Å². The van der Waals surface area contributed by atoms with E-state index in [2.05, 4.69) is 28.2 Å². The van der Waals surface area contributed by atoms with Crippen molar-refractivity contribution >= 4 is 21.8 Å². The predicted molar refractivity (Wildman–Crippen MR) is 84.0 cm³/mol. The maximum absolute atomic E-state index is 12.2. The number of amides is 1. The molecule has 0 bridgehead atoms. The van der Waals surface area contributed by atoms with E-state index in [1.807, 2.05) is 25.1 Å². The molecular formula is C16H22BrNO2. The lowest BCUT2D eigenvalue weighted by atomic mass is 9.93. The van der Waals surface area contributed by atoms with Gasteiger partial charge in [-0.1, -0.05) is 11.6 Å². The van der Waals surface area contributed by atoms with Crippen molar-refractivity contribution in [1.29, 1.82) is 0 Å². The minimum Gasteiger partial charge on any atom is -0.378 e. The summed E-state index contributed by atoms with van der Waals surface area (Å²) in [5.41, 5.74) is 1.81. The molecule has 1 aromatic rings. The van der Waals surface area contributed by atoms with Gasteiger partial charge in [0.2, 0.25) is 0 Å². The molecule has 110 valence electrons. The van der Waals surface area contributed by atoms with Crippen molar-refractivity contribution in [2.75, 3.05) is 13.2 Å². The maximum Gasteiger partial charge on any atom is 0.252 e. The van der Waals surface area contributed by atoms with Gasteiger partial charge in [-0.05, 0) is 67.1 Å². The van der Waals surface area contributed by atoms with Gasteiger partial charge in [-0.3, -0.25) is 4.79 Å². The predicted octanol–water partition coefficient (Wildman–Crippen LogP) is 3.69. The van der Waals surface area contributed by atoms with E-state index in [1.54, 1.807) is 0 Å². The van der Waals surface area contributed by atoms with Crippen molar-refractivity contribution in [2.45, 2.75) is 39.2 Å². The Bertz CT molecular complexity index is 476. The number of rotatable bonds is 4. The summed E-state index contributed by atoms with van der Waals surface area (Å²) in [5, 5.41) is 3.02. The van der Waals surface area contributed by atoms with E-state index in [0.717, 1.165) is 42.5 Å². The standard InChI is InChI=1S/C16H22BrNO2/c1-11-3-4-15(17)14(9-11)16(19)18-7-5-13-6-8-20-12(2)10-13/h3-4,9,12-13H,5-8,10H2,1-2H3,(H,18,19). The second kappa shape index (κ2) is 7.23. The Kier molecular flexibility index (Phi) is 5.61. The van der Waals surface area contributed by atoms with E-state index in [-0.39, 0.29) is 5.91 Å². The largest absolute Gasteiger partial charge is 0.378 e. The molecule has 1 amide bonds. The Morgan fingerprint density at radius 2 is 2.30 bits per heavy atom. The summed E-state index contributed by atoms with van der Waals surface area (Å²) in [6.07, 6.45) is 3.59. The molecule has 1 aliphatic heterocycles. The van der Waals surface area contributed by atoms with Gasteiger partial charge in [-0.15, -0.1) is 0 Å². The molecule has 0 spiro atoms. The van der Waals surface area contributed by atoms with Crippen LogP contribution in [0.25, 0.3) is 0 Å². The highest BCUT2D eigenvalue weighted by Crippen LogP contribution is 2.22. The van der Waals surface area contributed by atoms with Crippen LogP contribution < -0.4 is 5.32 Å². The van der Waals surface area contributed by atoms with E-state index in [1.165, 1.54) is 0 Å². The molecule has 3 nitrogen and oxygen atoms in total. The van der Waals surface area contributed by atoms with Crippen LogP contribution in [0.2, 0.25) is 0 Å². The van der Waals surface area contributed by atoms with E-state index in [4.69, 9.17) is 4.74 Å². The lowest BCUT2D eigenvalue weighted by Gasteiger charge is -2.27. The molecule has 1 aromatic carbocycles. The highest BCUT2D eigenvalue weighted by atomic mass is 79.9. The zero-order valence-electron chi connectivity index (χ0n) is 12.1. The Labute approximate surface area is 129 Å². The van der Waals surface area contributed by atoms with Gasteiger partial charge in [0.05, 0.1) is 11.7 Å². The lowest BCUT2D eigenvalue weighted by molar-refractivity contribution is 0.00109. The van der Waals surface area contributed by atoms with Gasteiger partial charge in [-0.25, -0.2) is 0 Å². The Morgan fingerprint density at radius 3 is 3.05 bits per heavy atom. The van der Waals surface area contributed by atoms with E-state index >= 15 is 0 Å². The third-order valence-electron chi connectivity index (χ3n) is 3.80. The Balaban J connectivity index is 1.81. The number of hydrogen-bond acceptors (Lipinski definition) is 2. The zero-order valence-corrected chi connectivity index (χ0v) is 13.7. The summed E-state index contributed by atoms with van der Waals surface area (Å²) in [4.78, 5) is 12.2. The summed E-state index contributed by atoms with van der Waals surface area (Å²) >= 11 is 3.43. The summed E-state index contributed by atoms with van der Waals surface area (Å²) in [6, 6.07) is 5.82. The fourth-order valence-electron chi connectivity index (χ4n) is 2.65. The number of nitrogens with one attached hydrogen (secondary N) is 1. The zero-order chi connectivity index (χ0) is 14.5. The molecule has 2 atom stereocenters. The molecule has 20 heavy (non-hydrogen) atoms. The van der Waals surface area contributed by atoms with Crippen LogP contribution in [0.5, 0.6) is 0 Å². The van der Waals surface area contributed by atoms with Crippen molar-refractivity contribution < 1.29 is 9.53 Å². The third kappa shape index (κ3) is 4.32. The van der Waals surface area contributed by atoms with E-state index in [0.29, 0.717) is 17.6 Å². The average molecular weight is 340 g/mol. The van der Waals surface area contributed by atoms with Crippen LogP contribution in [0.1, 0.15) is 42.1 Å². The van der Waals surface area contributed by atoms with Crippen LogP contribution in [-0.4, -0.2) is 25.2 Å². The van der Waals surface area contributed by atoms with Gasteiger partial charge in [0.25, 0.3) is 5.91 Å². The number of ether oxygens (including phenoxy) is 1. The summed E-state index contributed by atoms with van der Waals surface area (Å²) in [7, 11) is 0. The quantitative estimate of drug-likeness (QED) is 0.908. The minimum atomic E-state index is 0.000632. The van der Waals surface area contributed by atoms with Crippen LogP contribution in [0.3, 0.4) is 0 Å². The topological polar surface area (TPSA) is 38.3 Å². The number of aryl methyl sites for hydroxylation is 1. The first-order valence-electron chi connectivity index (χ1n) is 7.22. The molecule has 1 N–H and O–H groups in total. The molecule has 0 aromatic heterocycles. The van der Waals surface area contributed by atoms with Crippen molar-refractivity contribution in [3.05, 3.63) is 33.8 Å². The number of halogens is 1. The van der Waals surface area contributed by atoms with Crippen LogP contribution in [0, 0.1) is 12.8 Å². The molecule has 0 saturated carbocycles. The smallest absolute Gasteiger partial charge is 0.252 e. The second-order valence-corrected chi connectivity index (χ2v) is 6.45. The van der Waals surface area contributed by atoms with Crippen molar-refractivity contribution in [3.63, 3.8) is 0 Å². The molecular weight excluding hydrogens is 318 g/mol. The number of hydrogen-bond donors (Lipinski definition) is 1. The third-order valence-corrected chi connectivity index (χ3v) is 4.49. The lowest BCUT2D eigenvalue weighted by Crippen LogP contribution is -2.29. The Hall–Kier alpha value is -0.870. The van der Waals surface area contributed by atoms with Crippen LogP contribution in [0.15, 0.2) is 22.7 Å². The molecule has 1 fully saturated rings. The highest BCUT2D eigenvalue weighted by molar-refractivity contribution is 9.10. The van der Waals surface area contributed by atoms with Gasteiger partial charge >= 0.3 is 0 Å². The maximum atomic E-state index is 12.2. The molecule has 1 heterocycles. The number of carbonyl (C=O) groups is 1. The Morgan fingerprint density at radius 1 is 1.50 bits per heavy atom. The highest BCUT2D eigenvalue weighted by Gasteiger charge is 2.19. The van der Waals surface area contributed by atoms with E-state index in [9.17, 15) is 4.79 Å². The fraction of sp³-hybridized carbons (Fsp3) is 0.562. The van der Waals surface area contributed by atoms with Gasteiger partial charge in [0, 0.05) is 17.6 Å². The molecule has 0 radical (unpaired) electrons. The fourth-order valence-corrected chi connectivity index (χ4v) is 3.08. The number of carbonyl (C=O) groups excluding carboxylic acids is 1. The monoisotopic (exact) mass is 339 g/mol. The first-order chi connectivity index (χ1) is 9.56. The molecule has 0 aliphatic carbocycles. The van der Waals surface area contributed by atoms with Crippen LogP contribution in [0.4, 0.5) is 0 Å².